The first kappa shape index (κ1) is 16.3. The van der Waals surface area contributed by atoms with Gasteiger partial charge in [0, 0.05) is 13.1 Å². The Labute approximate surface area is 142 Å². The zero-order valence-corrected chi connectivity index (χ0v) is 13.7. The molecule has 1 heterocycles. The molecule has 4 heteroatoms. The predicted molar refractivity (Wildman–Crippen MR) is 94.5 cm³/mol. The third-order valence-electron chi connectivity index (χ3n) is 4.22. The number of fused-ring (bicyclic) bond motifs is 1. The Morgan fingerprint density at radius 1 is 1.17 bits per heavy atom. The van der Waals surface area contributed by atoms with Crippen LogP contribution in [0.5, 0.6) is 5.75 Å². The van der Waals surface area contributed by atoms with Crippen LogP contribution in [0.2, 0.25) is 0 Å². The van der Waals surface area contributed by atoms with E-state index in [1.165, 1.54) is 11.1 Å². The highest BCUT2D eigenvalue weighted by atomic mass is 16.5. The van der Waals surface area contributed by atoms with Gasteiger partial charge in [0.1, 0.15) is 12.4 Å². The van der Waals surface area contributed by atoms with Crippen molar-refractivity contribution in [3.63, 3.8) is 0 Å². The van der Waals surface area contributed by atoms with Crippen LogP contribution < -0.4 is 10.5 Å². The maximum atomic E-state index is 12.6. The van der Waals surface area contributed by atoms with Crippen molar-refractivity contribution in [1.29, 1.82) is 0 Å². The highest BCUT2D eigenvalue weighted by Crippen LogP contribution is 2.23. The first-order valence-corrected chi connectivity index (χ1v) is 8.11. The third-order valence-corrected chi connectivity index (χ3v) is 4.22. The van der Waals surface area contributed by atoms with Gasteiger partial charge in [-0.15, -0.1) is 0 Å². The molecule has 0 aliphatic carbocycles. The molecule has 0 spiro atoms. The molecule has 2 aromatic rings. The summed E-state index contributed by atoms with van der Waals surface area (Å²) in [5.41, 5.74) is 9.59. The second-order valence-corrected chi connectivity index (χ2v) is 6.02. The summed E-state index contributed by atoms with van der Waals surface area (Å²) in [5.74, 6) is 0.784. The molecule has 1 unspecified atom stereocenters. The number of nitrogens with zero attached hydrogens (tertiary/aromatic N) is 1. The van der Waals surface area contributed by atoms with Crippen LogP contribution in [0.15, 0.2) is 61.2 Å². The summed E-state index contributed by atoms with van der Waals surface area (Å²) >= 11 is 0. The number of amides is 1. The molecule has 2 N–H and O–H groups in total. The fourth-order valence-electron chi connectivity index (χ4n) is 2.94. The molecule has 124 valence electrons. The Bertz CT molecular complexity index is 700. The maximum absolute atomic E-state index is 12.6. The molecule has 1 aliphatic heterocycles. The molecule has 1 amide bonds. The van der Waals surface area contributed by atoms with Crippen molar-refractivity contribution in [2.75, 3.05) is 6.61 Å². The second-order valence-electron chi connectivity index (χ2n) is 6.02. The third kappa shape index (κ3) is 3.66. The lowest BCUT2D eigenvalue weighted by atomic mass is 10.1. The van der Waals surface area contributed by atoms with E-state index in [2.05, 4.69) is 18.7 Å². The molecular weight excluding hydrogens is 300 g/mol. The molecule has 0 aromatic heterocycles. The number of nitrogens with two attached hydrogens (primary N) is 1. The number of ether oxygens (including phenoxy) is 1. The molecular formula is C20H22N2O2. The fourth-order valence-corrected chi connectivity index (χ4v) is 2.94. The second kappa shape index (κ2) is 7.32. The standard InChI is InChI=1S/C20H22N2O2/c1-2-11-24-18-9-7-15(8-10-18)12-19(21)20(23)22-13-16-5-3-4-6-17(16)14-22/h2-10,19H,1,11-14,21H2. The molecule has 1 atom stereocenters. The zero-order chi connectivity index (χ0) is 16.9. The van der Waals surface area contributed by atoms with Crippen LogP contribution in [0, 0.1) is 0 Å². The van der Waals surface area contributed by atoms with E-state index in [-0.39, 0.29) is 5.91 Å². The first-order valence-electron chi connectivity index (χ1n) is 8.11. The van der Waals surface area contributed by atoms with Crippen LogP contribution in [0.4, 0.5) is 0 Å². The highest BCUT2D eigenvalue weighted by Gasteiger charge is 2.26. The van der Waals surface area contributed by atoms with Crippen LogP contribution in [-0.2, 0) is 24.3 Å². The number of hydrogen-bond donors (Lipinski definition) is 1. The van der Waals surface area contributed by atoms with Gasteiger partial charge >= 0.3 is 0 Å². The summed E-state index contributed by atoms with van der Waals surface area (Å²) in [6.45, 7) is 5.40. The summed E-state index contributed by atoms with van der Waals surface area (Å²) in [5, 5.41) is 0. The minimum atomic E-state index is -0.528. The molecule has 1 aliphatic rings. The quantitative estimate of drug-likeness (QED) is 0.832. The summed E-state index contributed by atoms with van der Waals surface area (Å²) in [6.07, 6.45) is 2.23. The van der Waals surface area contributed by atoms with Gasteiger partial charge in [-0.3, -0.25) is 4.79 Å². The van der Waals surface area contributed by atoms with Crippen LogP contribution >= 0.6 is 0 Å². The Kier molecular flexibility index (Phi) is 4.96. The van der Waals surface area contributed by atoms with Gasteiger partial charge in [-0.05, 0) is 35.2 Å². The van der Waals surface area contributed by atoms with Crippen molar-refractivity contribution < 1.29 is 9.53 Å². The molecule has 0 fully saturated rings. The molecule has 4 nitrogen and oxygen atoms in total. The largest absolute Gasteiger partial charge is 0.490 e. The van der Waals surface area contributed by atoms with Crippen molar-refractivity contribution in [1.82, 2.24) is 4.90 Å². The average molecular weight is 322 g/mol. The van der Waals surface area contributed by atoms with Crippen molar-refractivity contribution >= 4 is 5.91 Å². The van der Waals surface area contributed by atoms with Gasteiger partial charge in [-0.25, -0.2) is 0 Å². The van der Waals surface area contributed by atoms with Gasteiger partial charge in [-0.2, -0.15) is 0 Å². The lowest BCUT2D eigenvalue weighted by Gasteiger charge is -2.20. The van der Waals surface area contributed by atoms with E-state index in [9.17, 15) is 4.79 Å². The predicted octanol–water partition coefficient (Wildman–Crippen LogP) is 2.66. The van der Waals surface area contributed by atoms with E-state index in [4.69, 9.17) is 10.5 Å². The van der Waals surface area contributed by atoms with Gasteiger partial charge in [0.15, 0.2) is 0 Å². The summed E-state index contributed by atoms with van der Waals surface area (Å²) in [4.78, 5) is 14.4. The van der Waals surface area contributed by atoms with Crippen LogP contribution in [0.1, 0.15) is 16.7 Å². The summed E-state index contributed by atoms with van der Waals surface area (Å²) in [7, 11) is 0. The fraction of sp³-hybridized carbons (Fsp3) is 0.250. The van der Waals surface area contributed by atoms with E-state index in [0.29, 0.717) is 26.1 Å². The van der Waals surface area contributed by atoms with E-state index in [1.807, 2.05) is 41.3 Å². The van der Waals surface area contributed by atoms with Crippen LogP contribution in [-0.4, -0.2) is 23.5 Å². The number of rotatable bonds is 6. The SMILES string of the molecule is C=CCOc1ccc(CC(N)C(=O)N2Cc3ccccc3C2)cc1. The minimum Gasteiger partial charge on any atom is -0.490 e. The molecule has 0 saturated heterocycles. The van der Waals surface area contributed by atoms with Crippen molar-refractivity contribution in [2.24, 2.45) is 5.73 Å². The van der Waals surface area contributed by atoms with Crippen LogP contribution in [0.25, 0.3) is 0 Å². The van der Waals surface area contributed by atoms with Crippen molar-refractivity contribution in [2.45, 2.75) is 25.6 Å². The first-order chi connectivity index (χ1) is 11.7. The zero-order valence-electron chi connectivity index (χ0n) is 13.7. The Balaban J connectivity index is 1.58. The Morgan fingerprint density at radius 3 is 2.38 bits per heavy atom. The Hall–Kier alpha value is -2.59. The molecule has 3 rings (SSSR count). The van der Waals surface area contributed by atoms with E-state index < -0.39 is 6.04 Å². The van der Waals surface area contributed by atoms with Crippen molar-refractivity contribution in [3.8, 4) is 5.75 Å². The van der Waals surface area contributed by atoms with Gasteiger partial charge in [0.05, 0.1) is 6.04 Å². The summed E-state index contributed by atoms with van der Waals surface area (Å²) < 4.78 is 5.46. The van der Waals surface area contributed by atoms with Crippen LogP contribution in [0.3, 0.4) is 0 Å². The molecule has 0 bridgehead atoms. The summed E-state index contributed by atoms with van der Waals surface area (Å²) in [6, 6.07) is 15.3. The van der Waals surface area contributed by atoms with Crippen molar-refractivity contribution in [3.05, 3.63) is 77.9 Å². The lowest BCUT2D eigenvalue weighted by molar-refractivity contribution is -0.133. The van der Waals surface area contributed by atoms with Gasteiger partial charge in [0.2, 0.25) is 5.91 Å². The monoisotopic (exact) mass is 322 g/mol. The smallest absolute Gasteiger partial charge is 0.240 e. The number of benzene rings is 2. The minimum absolute atomic E-state index is 0.00168. The number of carbonyl (C=O) groups is 1. The number of carbonyl (C=O) groups excluding carboxylic acids is 1. The molecule has 0 radical (unpaired) electrons. The van der Waals surface area contributed by atoms with Gasteiger partial charge < -0.3 is 15.4 Å². The Morgan fingerprint density at radius 2 is 1.79 bits per heavy atom. The number of hydrogen-bond acceptors (Lipinski definition) is 3. The molecule has 2 aromatic carbocycles. The maximum Gasteiger partial charge on any atom is 0.240 e. The topological polar surface area (TPSA) is 55.6 Å². The molecule has 0 saturated carbocycles. The molecule has 24 heavy (non-hydrogen) atoms. The van der Waals surface area contributed by atoms with Gasteiger partial charge in [0.25, 0.3) is 0 Å². The van der Waals surface area contributed by atoms with E-state index >= 15 is 0 Å². The normalized spacial score (nSPS) is 14.1. The van der Waals surface area contributed by atoms with E-state index in [0.717, 1.165) is 11.3 Å². The lowest BCUT2D eigenvalue weighted by Crippen LogP contribution is -2.42. The van der Waals surface area contributed by atoms with E-state index in [1.54, 1.807) is 6.08 Å². The highest BCUT2D eigenvalue weighted by molar-refractivity contribution is 5.82. The van der Waals surface area contributed by atoms with Gasteiger partial charge in [-0.1, -0.05) is 49.1 Å². The average Bonchev–Trinajstić information content (AvgIpc) is 3.04.